The number of carbonyl (C=O) groups is 1. The third-order valence-electron chi connectivity index (χ3n) is 4.91. The van der Waals surface area contributed by atoms with Gasteiger partial charge in [-0.25, -0.2) is 4.98 Å². The second kappa shape index (κ2) is 7.26. The maximum atomic E-state index is 12.7. The van der Waals surface area contributed by atoms with E-state index >= 15 is 0 Å². The van der Waals surface area contributed by atoms with Crippen LogP contribution in [0.25, 0.3) is 5.65 Å². The number of hydrogen-bond donors (Lipinski definition) is 1. The van der Waals surface area contributed by atoms with Gasteiger partial charge in [0.25, 0.3) is 0 Å². The number of aryl methyl sites for hydroxylation is 1. The molecule has 1 atom stereocenters. The molecule has 1 N–H and O–H groups in total. The maximum absolute atomic E-state index is 12.7. The first-order valence-electron chi connectivity index (χ1n) is 9.13. The first-order valence-corrected chi connectivity index (χ1v) is 9.13. The molecular weight excluding hydrogens is 360 g/mol. The lowest BCUT2D eigenvalue weighted by molar-refractivity contribution is -0.389. The third kappa shape index (κ3) is 3.38. The predicted octanol–water partition coefficient (Wildman–Crippen LogP) is 2.80. The number of hydrogen-bond acceptors (Lipinski definition) is 6. The van der Waals surface area contributed by atoms with Crippen molar-refractivity contribution >= 4 is 29.0 Å². The lowest BCUT2D eigenvalue weighted by Crippen LogP contribution is -2.41. The summed E-state index contributed by atoms with van der Waals surface area (Å²) >= 11 is 0. The first kappa shape index (κ1) is 17.9. The van der Waals surface area contributed by atoms with E-state index in [4.69, 9.17) is 0 Å². The summed E-state index contributed by atoms with van der Waals surface area (Å²) in [5.74, 6) is 0.319. The van der Waals surface area contributed by atoms with Gasteiger partial charge in [0.05, 0.1) is 12.1 Å². The molecule has 1 amide bonds. The SMILES string of the molecule is Cc1ccc(NC(=O)C2CCCN(c3nc4ccccn4c3[N+](=O)[O-])C2)nc1. The summed E-state index contributed by atoms with van der Waals surface area (Å²) < 4.78 is 1.47. The topological polar surface area (TPSA) is 106 Å². The van der Waals surface area contributed by atoms with Crippen LogP contribution in [0.1, 0.15) is 18.4 Å². The standard InChI is InChI=1S/C19H20N6O3/c1-13-7-8-15(20-11-13)21-18(26)14-5-4-9-23(12-14)17-19(25(27)28)24-10-3-2-6-16(24)22-17/h2-3,6-8,10-11,14H,4-5,9,12H2,1H3,(H,20,21,26). The van der Waals surface area contributed by atoms with Crippen LogP contribution in [0.3, 0.4) is 0 Å². The molecule has 0 saturated carbocycles. The number of pyridine rings is 2. The molecular formula is C19H20N6O3. The summed E-state index contributed by atoms with van der Waals surface area (Å²) in [7, 11) is 0. The van der Waals surface area contributed by atoms with Crippen molar-refractivity contribution in [1.82, 2.24) is 14.4 Å². The minimum Gasteiger partial charge on any atom is -0.358 e. The Labute approximate surface area is 161 Å². The van der Waals surface area contributed by atoms with Gasteiger partial charge in [0.1, 0.15) is 5.82 Å². The number of anilines is 2. The Morgan fingerprint density at radius 3 is 2.93 bits per heavy atom. The van der Waals surface area contributed by atoms with Crippen molar-refractivity contribution in [2.45, 2.75) is 19.8 Å². The largest absolute Gasteiger partial charge is 0.372 e. The molecule has 1 aliphatic rings. The fourth-order valence-electron chi connectivity index (χ4n) is 3.51. The van der Waals surface area contributed by atoms with Crippen molar-refractivity contribution in [3.63, 3.8) is 0 Å². The minimum atomic E-state index is -0.421. The minimum absolute atomic E-state index is 0.0724. The van der Waals surface area contributed by atoms with Crippen LogP contribution in [0, 0.1) is 23.0 Å². The molecule has 144 valence electrons. The molecule has 3 aromatic rings. The van der Waals surface area contributed by atoms with Gasteiger partial charge in [0.15, 0.2) is 0 Å². The van der Waals surface area contributed by atoms with Gasteiger partial charge in [-0.3, -0.25) is 4.79 Å². The van der Waals surface area contributed by atoms with E-state index in [1.54, 1.807) is 36.7 Å². The Kier molecular flexibility index (Phi) is 4.64. The number of nitro groups is 1. The van der Waals surface area contributed by atoms with Crippen LogP contribution in [0.15, 0.2) is 42.7 Å². The number of nitrogens with zero attached hydrogens (tertiary/aromatic N) is 5. The normalized spacial score (nSPS) is 16.9. The summed E-state index contributed by atoms with van der Waals surface area (Å²) in [5.41, 5.74) is 1.53. The van der Waals surface area contributed by atoms with E-state index in [0.29, 0.717) is 30.4 Å². The van der Waals surface area contributed by atoms with E-state index in [1.807, 2.05) is 17.9 Å². The van der Waals surface area contributed by atoms with E-state index < -0.39 is 4.92 Å². The number of piperidine rings is 1. The summed E-state index contributed by atoms with van der Waals surface area (Å²) in [6.07, 6.45) is 4.80. The Hall–Kier alpha value is -3.49. The van der Waals surface area contributed by atoms with Crippen LogP contribution in [0.5, 0.6) is 0 Å². The van der Waals surface area contributed by atoms with Crippen molar-refractivity contribution in [3.05, 3.63) is 58.4 Å². The third-order valence-corrected chi connectivity index (χ3v) is 4.91. The molecule has 28 heavy (non-hydrogen) atoms. The average molecular weight is 380 g/mol. The van der Waals surface area contributed by atoms with Gasteiger partial charge >= 0.3 is 5.82 Å². The van der Waals surface area contributed by atoms with Crippen LogP contribution in [0.2, 0.25) is 0 Å². The maximum Gasteiger partial charge on any atom is 0.372 e. The highest BCUT2D eigenvalue weighted by atomic mass is 16.6. The molecule has 1 saturated heterocycles. The van der Waals surface area contributed by atoms with Gasteiger partial charge < -0.3 is 20.3 Å². The first-order chi connectivity index (χ1) is 13.5. The predicted molar refractivity (Wildman–Crippen MR) is 104 cm³/mol. The lowest BCUT2D eigenvalue weighted by atomic mass is 9.97. The second-order valence-corrected chi connectivity index (χ2v) is 6.94. The fraction of sp³-hybridized carbons (Fsp3) is 0.316. The molecule has 0 aliphatic carbocycles. The van der Waals surface area contributed by atoms with Crippen molar-refractivity contribution < 1.29 is 9.72 Å². The zero-order chi connectivity index (χ0) is 19.7. The summed E-state index contributed by atoms with van der Waals surface area (Å²) in [6.45, 7) is 2.93. The lowest BCUT2D eigenvalue weighted by Gasteiger charge is -2.31. The van der Waals surface area contributed by atoms with E-state index in [0.717, 1.165) is 18.4 Å². The Morgan fingerprint density at radius 2 is 2.18 bits per heavy atom. The average Bonchev–Trinajstić information content (AvgIpc) is 3.10. The fourth-order valence-corrected chi connectivity index (χ4v) is 3.51. The van der Waals surface area contributed by atoms with Crippen LogP contribution < -0.4 is 10.2 Å². The molecule has 4 rings (SSSR count). The number of imidazole rings is 1. The van der Waals surface area contributed by atoms with Crippen LogP contribution >= 0.6 is 0 Å². The molecule has 0 radical (unpaired) electrons. The molecule has 1 unspecified atom stereocenters. The Balaban J connectivity index is 1.56. The molecule has 4 heterocycles. The molecule has 0 aromatic carbocycles. The zero-order valence-corrected chi connectivity index (χ0v) is 15.4. The molecule has 9 nitrogen and oxygen atoms in total. The summed E-state index contributed by atoms with van der Waals surface area (Å²) in [4.78, 5) is 34.4. The highest BCUT2D eigenvalue weighted by Crippen LogP contribution is 2.32. The summed E-state index contributed by atoms with van der Waals surface area (Å²) in [6, 6.07) is 8.90. The van der Waals surface area contributed by atoms with Gasteiger partial charge in [0, 0.05) is 25.4 Å². The molecule has 0 spiro atoms. The van der Waals surface area contributed by atoms with Crippen molar-refractivity contribution in [2.24, 2.45) is 5.92 Å². The number of carbonyl (C=O) groups excluding carboxylic acids is 1. The zero-order valence-electron chi connectivity index (χ0n) is 15.4. The Morgan fingerprint density at radius 1 is 1.32 bits per heavy atom. The van der Waals surface area contributed by atoms with Gasteiger partial charge in [-0.15, -0.1) is 0 Å². The monoisotopic (exact) mass is 380 g/mol. The Bertz CT molecular complexity index is 1030. The van der Waals surface area contributed by atoms with Crippen molar-refractivity contribution in [3.8, 4) is 0 Å². The molecule has 1 fully saturated rings. The van der Waals surface area contributed by atoms with Crippen LogP contribution in [0.4, 0.5) is 17.5 Å². The number of fused-ring (bicyclic) bond motifs is 1. The van der Waals surface area contributed by atoms with E-state index in [-0.39, 0.29) is 17.6 Å². The molecule has 9 heteroatoms. The van der Waals surface area contributed by atoms with Gasteiger partial charge in [-0.1, -0.05) is 12.1 Å². The quantitative estimate of drug-likeness (QED) is 0.551. The van der Waals surface area contributed by atoms with Crippen LogP contribution in [-0.4, -0.2) is 38.3 Å². The molecule has 1 aliphatic heterocycles. The van der Waals surface area contributed by atoms with E-state index in [1.165, 1.54) is 4.40 Å². The highest BCUT2D eigenvalue weighted by Gasteiger charge is 2.32. The van der Waals surface area contributed by atoms with E-state index in [2.05, 4.69) is 15.3 Å². The van der Waals surface area contributed by atoms with Crippen LogP contribution in [-0.2, 0) is 4.79 Å². The number of nitrogens with one attached hydrogen (secondary N) is 1. The number of rotatable bonds is 4. The molecule has 3 aromatic heterocycles. The number of amides is 1. The van der Waals surface area contributed by atoms with Gasteiger partial charge in [0.2, 0.25) is 17.4 Å². The van der Waals surface area contributed by atoms with Gasteiger partial charge in [-0.2, -0.15) is 9.38 Å². The number of aromatic nitrogens is 3. The van der Waals surface area contributed by atoms with Crippen molar-refractivity contribution in [1.29, 1.82) is 0 Å². The summed E-state index contributed by atoms with van der Waals surface area (Å²) in [5, 5.41) is 14.5. The van der Waals surface area contributed by atoms with Crippen molar-refractivity contribution in [2.75, 3.05) is 23.3 Å². The second-order valence-electron chi connectivity index (χ2n) is 6.94. The van der Waals surface area contributed by atoms with E-state index in [9.17, 15) is 14.9 Å². The molecule has 0 bridgehead atoms. The smallest absolute Gasteiger partial charge is 0.358 e. The highest BCUT2D eigenvalue weighted by molar-refractivity contribution is 5.92. The van der Waals surface area contributed by atoms with Gasteiger partial charge in [-0.05, 0) is 42.4 Å².